The van der Waals surface area contributed by atoms with E-state index in [-0.39, 0.29) is 24.2 Å². The summed E-state index contributed by atoms with van der Waals surface area (Å²) >= 11 is 0. The Kier molecular flexibility index (Phi) is 10.3. The summed E-state index contributed by atoms with van der Waals surface area (Å²) in [5.74, 6) is -0.976. The van der Waals surface area contributed by atoms with Gasteiger partial charge in [-0.3, -0.25) is 0 Å². The second-order valence-corrected chi connectivity index (χ2v) is 12.4. The third-order valence-corrected chi connectivity index (χ3v) is 7.98. The van der Waals surface area contributed by atoms with Gasteiger partial charge in [-0.05, 0) is 62.1 Å². The second kappa shape index (κ2) is 13.2. The number of hydrogen-bond acceptors (Lipinski definition) is 9. The van der Waals surface area contributed by atoms with Crippen LogP contribution in [-0.4, -0.2) is 54.5 Å². The van der Waals surface area contributed by atoms with Crippen molar-refractivity contribution in [2.75, 3.05) is 19.4 Å². The summed E-state index contributed by atoms with van der Waals surface area (Å²) in [6.45, 7) is 5.79. The highest BCUT2D eigenvalue weighted by molar-refractivity contribution is 8.76. The Morgan fingerprint density at radius 3 is 2.16 bits per heavy atom. The van der Waals surface area contributed by atoms with Crippen LogP contribution in [0, 0.1) is 0 Å². The highest BCUT2D eigenvalue weighted by Crippen LogP contribution is 2.44. The maximum atomic E-state index is 12.4. The van der Waals surface area contributed by atoms with Crippen LogP contribution in [0.2, 0.25) is 0 Å². The van der Waals surface area contributed by atoms with E-state index in [2.05, 4.69) is 5.32 Å². The van der Waals surface area contributed by atoms with Crippen molar-refractivity contribution in [3.05, 3.63) is 59.7 Å². The Morgan fingerprint density at radius 1 is 1.00 bits per heavy atom. The van der Waals surface area contributed by atoms with Crippen molar-refractivity contribution < 1.29 is 28.6 Å². The first kappa shape index (κ1) is 28.9. The maximum Gasteiger partial charge on any atom is 0.516 e. The van der Waals surface area contributed by atoms with Crippen LogP contribution in [-0.2, 0) is 19.0 Å². The number of nitrogens with one attached hydrogen (secondary N) is 1. The molecule has 1 amide bonds. The molecule has 0 radical (unpaired) electrons. The fraction of sp³-hybridized carbons (Fsp3) is 0.444. The summed E-state index contributed by atoms with van der Waals surface area (Å²) in [5.41, 5.74) is 9.75. The van der Waals surface area contributed by atoms with Crippen LogP contribution in [0.15, 0.2) is 48.5 Å². The highest BCUT2D eigenvalue weighted by atomic mass is 33.1. The van der Waals surface area contributed by atoms with Gasteiger partial charge in [0.05, 0.1) is 0 Å². The largest absolute Gasteiger partial charge is 0.516 e. The first-order chi connectivity index (χ1) is 17.6. The summed E-state index contributed by atoms with van der Waals surface area (Å²) < 4.78 is 15.4. The number of carbonyl (C=O) groups excluding carboxylic acids is 3. The van der Waals surface area contributed by atoms with Crippen molar-refractivity contribution in [3.63, 3.8) is 0 Å². The van der Waals surface area contributed by atoms with E-state index in [1.54, 1.807) is 42.4 Å². The van der Waals surface area contributed by atoms with Gasteiger partial charge in [-0.25, -0.2) is 14.4 Å². The molecule has 8 nitrogen and oxygen atoms in total. The van der Waals surface area contributed by atoms with Gasteiger partial charge in [0, 0.05) is 17.7 Å². The van der Waals surface area contributed by atoms with E-state index in [1.165, 1.54) is 0 Å². The summed E-state index contributed by atoms with van der Waals surface area (Å²) in [7, 11) is 3.11. The average Bonchev–Trinajstić information content (AvgIpc) is 3.17. The number of esters is 1. The number of benzene rings is 2. The van der Waals surface area contributed by atoms with Gasteiger partial charge >= 0.3 is 18.2 Å². The molecule has 0 fully saturated rings. The first-order valence-electron chi connectivity index (χ1n) is 12.1. The lowest BCUT2D eigenvalue weighted by atomic mass is 9.98. The predicted molar refractivity (Wildman–Crippen MR) is 148 cm³/mol. The number of hydrogen-bond donors (Lipinski definition) is 2. The Morgan fingerprint density at radius 2 is 1.59 bits per heavy atom. The molecule has 37 heavy (non-hydrogen) atoms. The minimum Gasteiger partial charge on any atom is -0.444 e. The molecule has 1 aliphatic carbocycles. The Balaban J connectivity index is 1.46. The van der Waals surface area contributed by atoms with Gasteiger partial charge in [-0.15, -0.1) is 0 Å². The minimum absolute atomic E-state index is 0.00387. The molecule has 0 bridgehead atoms. The fourth-order valence-electron chi connectivity index (χ4n) is 4.09. The maximum absolute atomic E-state index is 12.4. The van der Waals surface area contributed by atoms with Crippen LogP contribution in [0.1, 0.15) is 50.7 Å². The quantitative estimate of drug-likeness (QED) is 0.227. The van der Waals surface area contributed by atoms with Gasteiger partial charge < -0.3 is 25.3 Å². The second-order valence-electron chi connectivity index (χ2n) is 9.66. The zero-order chi connectivity index (χ0) is 27.0. The summed E-state index contributed by atoms with van der Waals surface area (Å²) in [6, 6.07) is 15.0. The number of fused-ring (bicyclic) bond motifs is 3. The molecule has 0 saturated carbocycles. The van der Waals surface area contributed by atoms with Gasteiger partial charge in [0.15, 0.2) is 0 Å². The van der Waals surface area contributed by atoms with Crippen LogP contribution < -0.4 is 11.1 Å². The van der Waals surface area contributed by atoms with Crippen LogP contribution in [0.4, 0.5) is 9.59 Å². The van der Waals surface area contributed by atoms with Crippen molar-refractivity contribution in [2.24, 2.45) is 5.73 Å². The van der Waals surface area contributed by atoms with Crippen molar-refractivity contribution in [1.29, 1.82) is 0 Å². The minimum atomic E-state index is -1.07. The van der Waals surface area contributed by atoms with Crippen molar-refractivity contribution in [2.45, 2.75) is 56.4 Å². The van der Waals surface area contributed by atoms with Crippen molar-refractivity contribution in [3.8, 4) is 11.1 Å². The van der Waals surface area contributed by atoms with E-state index in [0.717, 1.165) is 22.3 Å². The van der Waals surface area contributed by atoms with E-state index in [9.17, 15) is 14.4 Å². The van der Waals surface area contributed by atoms with E-state index < -0.39 is 29.9 Å². The lowest BCUT2D eigenvalue weighted by molar-refractivity contribution is -0.141. The molecule has 10 heteroatoms. The van der Waals surface area contributed by atoms with E-state index in [4.69, 9.17) is 19.9 Å². The summed E-state index contributed by atoms with van der Waals surface area (Å²) in [4.78, 5) is 36.6. The van der Waals surface area contributed by atoms with E-state index in [0.29, 0.717) is 13.0 Å². The summed E-state index contributed by atoms with van der Waals surface area (Å²) in [5, 5.41) is 2.74. The number of alkyl carbamates (subject to hydrolysis) is 1. The SMILES string of the molecule is CSS[C@@H](CC[C@H](N)C(=O)OC(=O)OCC1c2ccccc2-c2ccccc21)CNC(=O)OC(C)(C)C. The van der Waals surface area contributed by atoms with Gasteiger partial charge in [-0.1, -0.05) is 70.1 Å². The van der Waals surface area contributed by atoms with Crippen molar-refractivity contribution in [1.82, 2.24) is 5.32 Å². The zero-order valence-electron chi connectivity index (χ0n) is 21.5. The van der Waals surface area contributed by atoms with E-state index in [1.807, 2.05) is 54.8 Å². The normalized spacial score (nSPS) is 14.2. The van der Waals surface area contributed by atoms with Crippen LogP contribution in [0.5, 0.6) is 0 Å². The standard InChI is InChI=1S/C27H34N2O6S2/c1-27(2,3)35-25(31)29-15-17(37-36-4)13-14-23(28)24(30)34-26(32)33-16-22-20-11-7-5-9-18(20)19-10-6-8-12-21(19)22/h5-12,17,22-23H,13-16,28H2,1-4H3,(H,29,31)/t17-,23-/m0/s1. The number of nitrogens with two attached hydrogens (primary N) is 1. The first-order valence-corrected chi connectivity index (χ1v) is 14.7. The molecule has 0 saturated heterocycles. The Labute approximate surface area is 225 Å². The Bertz CT molecular complexity index is 1060. The van der Waals surface area contributed by atoms with Crippen LogP contribution in [0.25, 0.3) is 11.1 Å². The molecule has 2 aromatic rings. The highest BCUT2D eigenvalue weighted by Gasteiger charge is 2.30. The smallest absolute Gasteiger partial charge is 0.444 e. The number of carbonyl (C=O) groups is 3. The molecule has 0 aromatic heterocycles. The molecule has 0 heterocycles. The third-order valence-electron chi connectivity index (χ3n) is 5.72. The molecular formula is C27H34N2O6S2. The number of ether oxygens (including phenoxy) is 3. The van der Waals surface area contributed by atoms with Crippen LogP contribution in [0.3, 0.4) is 0 Å². The van der Waals surface area contributed by atoms with Gasteiger partial charge in [0.2, 0.25) is 0 Å². The topological polar surface area (TPSA) is 117 Å². The molecule has 0 aliphatic heterocycles. The van der Waals surface area contributed by atoms with Gasteiger partial charge in [-0.2, -0.15) is 0 Å². The fourth-order valence-corrected chi connectivity index (χ4v) is 6.06. The third kappa shape index (κ3) is 8.41. The van der Waals surface area contributed by atoms with Crippen molar-refractivity contribution >= 4 is 39.8 Å². The predicted octanol–water partition coefficient (Wildman–Crippen LogP) is 5.49. The number of amides is 1. The molecule has 0 unspecified atom stereocenters. The average molecular weight is 547 g/mol. The molecule has 200 valence electrons. The zero-order valence-corrected chi connectivity index (χ0v) is 23.2. The monoisotopic (exact) mass is 546 g/mol. The van der Waals surface area contributed by atoms with Crippen LogP contribution >= 0.6 is 21.6 Å². The molecule has 3 N–H and O–H groups in total. The number of rotatable bonds is 10. The molecule has 3 rings (SSSR count). The summed E-state index contributed by atoms with van der Waals surface area (Å²) in [6.07, 6.45) is 1.17. The van der Waals surface area contributed by atoms with E-state index >= 15 is 0 Å². The molecule has 1 aliphatic rings. The molecule has 2 atom stereocenters. The Hall–Kier alpha value is -2.69. The molecule has 2 aromatic carbocycles. The van der Waals surface area contributed by atoms with Gasteiger partial charge in [0.1, 0.15) is 18.2 Å². The lowest BCUT2D eigenvalue weighted by Gasteiger charge is -2.22. The molecule has 0 spiro atoms. The lowest BCUT2D eigenvalue weighted by Crippen LogP contribution is -2.38. The van der Waals surface area contributed by atoms with Gasteiger partial charge in [0.25, 0.3) is 0 Å². The molecular weight excluding hydrogens is 512 g/mol.